The molecule has 7 heteroatoms. The monoisotopic (exact) mass is 415 g/mol. The molecule has 1 aliphatic rings. The first-order valence-electron chi connectivity index (χ1n) is 9.86. The first-order chi connectivity index (χ1) is 14.6. The number of primary amides is 1. The van der Waals surface area contributed by atoms with E-state index in [2.05, 4.69) is 22.8 Å². The van der Waals surface area contributed by atoms with Crippen molar-refractivity contribution in [3.63, 3.8) is 0 Å². The maximum Gasteiger partial charge on any atom is 0.250 e. The quantitative estimate of drug-likeness (QED) is 0.451. The fourth-order valence-electron chi connectivity index (χ4n) is 3.92. The van der Waals surface area contributed by atoms with Gasteiger partial charge in [0.25, 0.3) is 0 Å². The molecule has 4 N–H and O–H groups in total. The van der Waals surface area contributed by atoms with Crippen LogP contribution in [-0.4, -0.2) is 22.4 Å². The Labute approximate surface area is 178 Å². The molecular formula is C23H21N5OS. The number of amides is 1. The van der Waals surface area contributed by atoms with Crippen molar-refractivity contribution in [3.8, 4) is 11.4 Å². The van der Waals surface area contributed by atoms with Crippen molar-refractivity contribution >= 4 is 39.0 Å². The van der Waals surface area contributed by atoms with Crippen molar-refractivity contribution in [3.05, 3.63) is 70.1 Å². The number of aromatic nitrogens is 2. The molecule has 1 aliphatic heterocycles. The van der Waals surface area contributed by atoms with E-state index in [4.69, 9.17) is 15.7 Å². The number of rotatable bonds is 5. The Hall–Kier alpha value is -3.45. The predicted molar refractivity (Wildman–Crippen MR) is 122 cm³/mol. The van der Waals surface area contributed by atoms with E-state index >= 15 is 0 Å². The highest BCUT2D eigenvalue weighted by Crippen LogP contribution is 2.40. The molecule has 3 heterocycles. The summed E-state index contributed by atoms with van der Waals surface area (Å²) in [7, 11) is 0. The lowest BCUT2D eigenvalue weighted by molar-refractivity contribution is 0.100. The third-order valence-electron chi connectivity index (χ3n) is 5.36. The van der Waals surface area contributed by atoms with E-state index in [1.165, 1.54) is 5.56 Å². The number of anilines is 2. The maximum absolute atomic E-state index is 11.9. The third kappa shape index (κ3) is 3.17. The second-order valence-corrected chi connectivity index (χ2v) is 8.54. The number of nitrogens with zero attached hydrogens (tertiary/aromatic N) is 2. The Morgan fingerprint density at radius 1 is 1.17 bits per heavy atom. The molecule has 1 amide bonds. The molecule has 2 aromatic heterocycles. The number of carbonyl (C=O) groups is 1. The largest absolute Gasteiger partial charge is 0.369 e. The van der Waals surface area contributed by atoms with E-state index in [0.717, 1.165) is 50.7 Å². The maximum atomic E-state index is 11.9. The molecular weight excluding hydrogens is 394 g/mol. The standard InChI is InChI=1S/C23H21N5OS/c1-13-18(15-8-5-9-16(20(24)29)19(15)30-13)23-27-21-17(10-11-25-21)22(28-23)26-12-14-6-3-2-4-7-14/h2-9H,10-12H2,1H3,(H2,24,29)(H2,25,26,27,28). The summed E-state index contributed by atoms with van der Waals surface area (Å²) in [5.74, 6) is 1.97. The number of nitrogens with one attached hydrogen (secondary N) is 2. The molecule has 0 aliphatic carbocycles. The Balaban J connectivity index is 1.61. The normalized spacial score (nSPS) is 12.6. The number of aryl methyl sites for hydroxylation is 1. The predicted octanol–water partition coefficient (Wildman–Crippen LogP) is 4.35. The van der Waals surface area contributed by atoms with Gasteiger partial charge in [0.2, 0.25) is 5.91 Å². The van der Waals surface area contributed by atoms with Crippen molar-refractivity contribution in [2.75, 3.05) is 17.2 Å². The molecule has 0 fully saturated rings. The molecule has 0 unspecified atom stereocenters. The van der Waals surface area contributed by atoms with Crippen LogP contribution in [0.15, 0.2) is 48.5 Å². The minimum Gasteiger partial charge on any atom is -0.369 e. The van der Waals surface area contributed by atoms with Crippen LogP contribution in [0.4, 0.5) is 11.6 Å². The molecule has 0 atom stereocenters. The molecule has 0 bridgehead atoms. The zero-order valence-corrected chi connectivity index (χ0v) is 17.3. The fraction of sp³-hybridized carbons (Fsp3) is 0.174. The first kappa shape index (κ1) is 18.6. The van der Waals surface area contributed by atoms with Gasteiger partial charge in [-0.15, -0.1) is 11.3 Å². The molecule has 0 saturated carbocycles. The highest BCUT2D eigenvalue weighted by Gasteiger charge is 2.23. The van der Waals surface area contributed by atoms with Gasteiger partial charge >= 0.3 is 0 Å². The minimum absolute atomic E-state index is 0.421. The van der Waals surface area contributed by atoms with Gasteiger partial charge in [-0.25, -0.2) is 9.97 Å². The third-order valence-corrected chi connectivity index (χ3v) is 6.51. The number of fused-ring (bicyclic) bond motifs is 2. The molecule has 6 nitrogen and oxygen atoms in total. The zero-order valence-electron chi connectivity index (χ0n) is 16.5. The summed E-state index contributed by atoms with van der Waals surface area (Å²) in [6, 6.07) is 15.9. The lowest BCUT2D eigenvalue weighted by atomic mass is 10.1. The van der Waals surface area contributed by atoms with Crippen LogP contribution in [0.25, 0.3) is 21.5 Å². The van der Waals surface area contributed by atoms with E-state index < -0.39 is 5.91 Å². The highest BCUT2D eigenvalue weighted by atomic mass is 32.1. The van der Waals surface area contributed by atoms with E-state index in [-0.39, 0.29) is 0 Å². The van der Waals surface area contributed by atoms with E-state index in [0.29, 0.717) is 17.9 Å². The Morgan fingerprint density at radius 3 is 2.80 bits per heavy atom. The fourth-order valence-corrected chi connectivity index (χ4v) is 5.09. The number of nitrogens with two attached hydrogens (primary N) is 1. The summed E-state index contributed by atoms with van der Waals surface area (Å²) in [5, 5.41) is 7.83. The number of carbonyl (C=O) groups excluding carboxylic acids is 1. The van der Waals surface area contributed by atoms with E-state index in [1.807, 2.05) is 37.3 Å². The molecule has 5 rings (SSSR count). The van der Waals surface area contributed by atoms with Gasteiger partial charge in [-0.2, -0.15) is 0 Å². The summed E-state index contributed by atoms with van der Waals surface area (Å²) in [6.45, 7) is 3.58. The molecule has 2 aromatic carbocycles. The molecule has 4 aromatic rings. The summed E-state index contributed by atoms with van der Waals surface area (Å²) in [5.41, 5.74) is 9.39. The van der Waals surface area contributed by atoms with Gasteiger partial charge in [0.05, 0.1) is 5.56 Å². The SMILES string of the molecule is Cc1sc2c(C(N)=O)cccc2c1-c1nc2c(c(NCc3ccccc3)n1)CCN2. The molecule has 0 radical (unpaired) electrons. The second-order valence-electron chi connectivity index (χ2n) is 7.32. The van der Waals surface area contributed by atoms with Gasteiger partial charge in [0, 0.05) is 39.2 Å². The average molecular weight is 416 g/mol. The van der Waals surface area contributed by atoms with Crippen molar-refractivity contribution in [1.29, 1.82) is 0 Å². The van der Waals surface area contributed by atoms with Crippen LogP contribution in [0, 0.1) is 6.92 Å². The molecule has 0 spiro atoms. The lowest BCUT2D eigenvalue weighted by Gasteiger charge is -2.12. The summed E-state index contributed by atoms with van der Waals surface area (Å²) < 4.78 is 0.883. The van der Waals surface area contributed by atoms with Gasteiger partial charge in [-0.3, -0.25) is 4.79 Å². The van der Waals surface area contributed by atoms with Gasteiger partial charge in [-0.05, 0) is 25.0 Å². The minimum atomic E-state index is -0.421. The Bertz CT molecular complexity index is 1270. The van der Waals surface area contributed by atoms with Crippen LogP contribution >= 0.6 is 11.3 Å². The summed E-state index contributed by atoms with van der Waals surface area (Å²) in [6.07, 6.45) is 0.891. The number of thiophene rings is 1. The van der Waals surface area contributed by atoms with Crippen molar-refractivity contribution in [1.82, 2.24) is 9.97 Å². The van der Waals surface area contributed by atoms with Crippen LogP contribution < -0.4 is 16.4 Å². The van der Waals surface area contributed by atoms with Crippen molar-refractivity contribution in [2.45, 2.75) is 19.9 Å². The van der Waals surface area contributed by atoms with Crippen LogP contribution in [0.2, 0.25) is 0 Å². The van der Waals surface area contributed by atoms with Gasteiger partial charge in [-0.1, -0.05) is 42.5 Å². The van der Waals surface area contributed by atoms with Gasteiger partial charge < -0.3 is 16.4 Å². The molecule has 150 valence electrons. The zero-order chi connectivity index (χ0) is 20.7. The first-order valence-corrected chi connectivity index (χ1v) is 10.7. The van der Waals surface area contributed by atoms with Crippen LogP contribution in [0.5, 0.6) is 0 Å². The summed E-state index contributed by atoms with van der Waals surface area (Å²) in [4.78, 5) is 22.7. The molecule has 0 saturated heterocycles. The highest BCUT2D eigenvalue weighted by molar-refractivity contribution is 7.20. The topological polar surface area (TPSA) is 92.9 Å². The number of hydrogen-bond donors (Lipinski definition) is 3. The number of benzene rings is 2. The van der Waals surface area contributed by atoms with Gasteiger partial charge in [0.15, 0.2) is 5.82 Å². The lowest BCUT2D eigenvalue weighted by Crippen LogP contribution is -2.10. The van der Waals surface area contributed by atoms with E-state index in [1.54, 1.807) is 17.4 Å². The van der Waals surface area contributed by atoms with Crippen molar-refractivity contribution in [2.24, 2.45) is 5.73 Å². The smallest absolute Gasteiger partial charge is 0.250 e. The Morgan fingerprint density at radius 2 is 2.00 bits per heavy atom. The molecule has 30 heavy (non-hydrogen) atoms. The second kappa shape index (κ2) is 7.42. The average Bonchev–Trinajstić information content (AvgIpc) is 3.35. The van der Waals surface area contributed by atoms with Gasteiger partial charge in [0.1, 0.15) is 11.6 Å². The van der Waals surface area contributed by atoms with E-state index in [9.17, 15) is 4.79 Å². The van der Waals surface area contributed by atoms with Crippen LogP contribution in [0.1, 0.15) is 26.4 Å². The van der Waals surface area contributed by atoms with Crippen LogP contribution in [-0.2, 0) is 13.0 Å². The Kier molecular flexibility index (Phi) is 4.59. The van der Waals surface area contributed by atoms with Crippen LogP contribution in [0.3, 0.4) is 0 Å². The van der Waals surface area contributed by atoms with Crippen molar-refractivity contribution < 1.29 is 4.79 Å². The summed E-state index contributed by atoms with van der Waals surface area (Å²) >= 11 is 1.56. The number of hydrogen-bond acceptors (Lipinski definition) is 6.